The summed E-state index contributed by atoms with van der Waals surface area (Å²) < 4.78 is 5.75. The molecular weight excluding hydrogens is 280 g/mol. The fraction of sp³-hybridized carbons (Fsp3) is 0.941. The van der Waals surface area contributed by atoms with Gasteiger partial charge < -0.3 is 15.2 Å². The highest BCUT2D eigenvalue weighted by molar-refractivity contribution is 5.82. The molecule has 0 aliphatic carbocycles. The van der Waals surface area contributed by atoms with Crippen LogP contribution in [0.2, 0.25) is 0 Å². The van der Waals surface area contributed by atoms with E-state index in [1.165, 1.54) is 0 Å². The first-order valence-corrected chi connectivity index (χ1v) is 8.56. The monoisotopic (exact) mass is 314 g/mol. The lowest BCUT2D eigenvalue weighted by molar-refractivity contribution is -0.135. The van der Waals surface area contributed by atoms with Crippen molar-refractivity contribution >= 4 is 5.91 Å². The fourth-order valence-corrected chi connectivity index (χ4v) is 3.29. The quantitative estimate of drug-likeness (QED) is 0.750. The third-order valence-corrected chi connectivity index (χ3v) is 4.00. The van der Waals surface area contributed by atoms with Gasteiger partial charge >= 0.3 is 0 Å². The summed E-state index contributed by atoms with van der Waals surface area (Å²) >= 11 is 0. The van der Waals surface area contributed by atoms with Crippen molar-refractivity contribution in [1.82, 2.24) is 10.2 Å². The Balaban J connectivity index is 2.60. The zero-order valence-electron chi connectivity index (χ0n) is 15.0. The van der Waals surface area contributed by atoms with Gasteiger partial charge in [-0.1, -0.05) is 27.7 Å². The third kappa shape index (κ3) is 6.23. The Kier molecular flexibility index (Phi) is 7.80. The molecule has 0 spiro atoms. The van der Waals surface area contributed by atoms with Gasteiger partial charge in [0.1, 0.15) is 0 Å². The Morgan fingerprint density at radius 3 is 2.23 bits per heavy atom. The summed E-state index contributed by atoms with van der Waals surface area (Å²) in [5.41, 5.74) is 0. The summed E-state index contributed by atoms with van der Waals surface area (Å²) in [4.78, 5) is 14.8. The minimum atomic E-state index is -0.473. The Morgan fingerprint density at radius 1 is 1.23 bits per heavy atom. The number of hydrogen-bond donors (Lipinski definition) is 2. The molecule has 0 bridgehead atoms. The molecule has 22 heavy (non-hydrogen) atoms. The Labute approximate surface area is 135 Å². The summed E-state index contributed by atoms with van der Waals surface area (Å²) in [7, 11) is 0. The lowest BCUT2D eigenvalue weighted by atomic mass is 9.99. The lowest BCUT2D eigenvalue weighted by Crippen LogP contribution is -2.57. The average molecular weight is 314 g/mol. The van der Waals surface area contributed by atoms with E-state index >= 15 is 0 Å². The number of nitrogens with zero attached hydrogens (tertiary/aromatic N) is 1. The Morgan fingerprint density at radius 2 is 1.77 bits per heavy atom. The molecule has 2 N–H and O–H groups in total. The van der Waals surface area contributed by atoms with Gasteiger partial charge in [0, 0.05) is 19.6 Å². The molecule has 1 fully saturated rings. The van der Waals surface area contributed by atoms with Crippen LogP contribution in [0, 0.1) is 11.8 Å². The van der Waals surface area contributed by atoms with Gasteiger partial charge in [-0.25, -0.2) is 0 Å². The van der Waals surface area contributed by atoms with E-state index in [1.807, 2.05) is 13.8 Å². The molecule has 4 unspecified atom stereocenters. The van der Waals surface area contributed by atoms with E-state index in [0.717, 1.165) is 13.1 Å². The van der Waals surface area contributed by atoms with Gasteiger partial charge in [-0.15, -0.1) is 0 Å². The largest absolute Gasteiger partial charge is 0.391 e. The maximum atomic E-state index is 12.6. The van der Waals surface area contributed by atoms with Crippen molar-refractivity contribution in [3.63, 3.8) is 0 Å². The van der Waals surface area contributed by atoms with E-state index < -0.39 is 6.10 Å². The molecule has 1 heterocycles. The van der Waals surface area contributed by atoms with Crippen LogP contribution in [-0.2, 0) is 9.53 Å². The molecule has 1 amide bonds. The highest BCUT2D eigenvalue weighted by atomic mass is 16.5. The molecule has 4 atom stereocenters. The summed E-state index contributed by atoms with van der Waals surface area (Å²) in [6.07, 6.45) is 0.520. The van der Waals surface area contributed by atoms with Crippen molar-refractivity contribution in [3.8, 4) is 0 Å². The molecule has 0 aromatic carbocycles. The molecule has 1 aliphatic heterocycles. The zero-order chi connectivity index (χ0) is 16.9. The summed E-state index contributed by atoms with van der Waals surface area (Å²) in [6, 6.07) is -0.167. The van der Waals surface area contributed by atoms with E-state index in [4.69, 9.17) is 4.74 Å². The van der Waals surface area contributed by atoms with Crippen LogP contribution in [0.3, 0.4) is 0 Å². The van der Waals surface area contributed by atoms with E-state index in [-0.39, 0.29) is 30.1 Å². The van der Waals surface area contributed by atoms with Gasteiger partial charge in [-0.05, 0) is 32.1 Å². The number of aliphatic hydroxyl groups is 1. The topological polar surface area (TPSA) is 61.8 Å². The van der Waals surface area contributed by atoms with Crippen molar-refractivity contribution in [2.45, 2.75) is 72.3 Å². The van der Waals surface area contributed by atoms with Crippen LogP contribution in [-0.4, -0.2) is 59.9 Å². The minimum absolute atomic E-state index is 0.0131. The molecule has 0 aromatic heterocycles. The number of ether oxygens (including phenoxy) is 1. The second-order valence-electron chi connectivity index (χ2n) is 7.43. The third-order valence-electron chi connectivity index (χ3n) is 4.00. The maximum absolute atomic E-state index is 12.6. The van der Waals surface area contributed by atoms with Gasteiger partial charge in [-0.2, -0.15) is 0 Å². The molecule has 130 valence electrons. The molecule has 1 saturated heterocycles. The molecule has 5 heteroatoms. The summed E-state index contributed by atoms with van der Waals surface area (Å²) in [6.45, 7) is 14.2. The number of nitrogens with one attached hydrogen (secondary N) is 1. The van der Waals surface area contributed by atoms with E-state index in [9.17, 15) is 9.90 Å². The van der Waals surface area contributed by atoms with Crippen molar-refractivity contribution in [2.24, 2.45) is 11.8 Å². The molecule has 1 rings (SSSR count). The maximum Gasteiger partial charge on any atom is 0.237 e. The lowest BCUT2D eigenvalue weighted by Gasteiger charge is -2.41. The van der Waals surface area contributed by atoms with Crippen LogP contribution in [0.15, 0.2) is 0 Å². The Bertz CT molecular complexity index is 337. The summed E-state index contributed by atoms with van der Waals surface area (Å²) in [5.74, 6) is 0.660. The second kappa shape index (κ2) is 8.85. The number of rotatable bonds is 7. The average Bonchev–Trinajstić information content (AvgIpc) is 2.34. The van der Waals surface area contributed by atoms with Crippen LogP contribution >= 0.6 is 0 Å². The van der Waals surface area contributed by atoms with Crippen LogP contribution in [0.25, 0.3) is 0 Å². The van der Waals surface area contributed by atoms with E-state index in [1.54, 1.807) is 0 Å². The van der Waals surface area contributed by atoms with E-state index in [0.29, 0.717) is 18.9 Å². The summed E-state index contributed by atoms with van der Waals surface area (Å²) in [5, 5.41) is 12.9. The number of carbonyl (C=O) groups is 1. The molecule has 0 saturated carbocycles. The molecule has 5 nitrogen and oxygen atoms in total. The molecule has 0 aromatic rings. The van der Waals surface area contributed by atoms with Gasteiger partial charge in [0.2, 0.25) is 5.91 Å². The SMILES string of the molecule is CC(C)CC(O)CNC(=O)C(C(C)C)N1CC(C)OC(C)C1. The second-order valence-corrected chi connectivity index (χ2v) is 7.43. The molecule has 1 aliphatic rings. The predicted molar refractivity (Wildman–Crippen MR) is 88.7 cm³/mol. The normalized spacial score (nSPS) is 26.2. The number of amides is 1. The first-order chi connectivity index (χ1) is 10.2. The van der Waals surface area contributed by atoms with Crippen molar-refractivity contribution in [1.29, 1.82) is 0 Å². The van der Waals surface area contributed by atoms with Crippen molar-refractivity contribution < 1.29 is 14.6 Å². The van der Waals surface area contributed by atoms with E-state index in [2.05, 4.69) is 37.9 Å². The zero-order valence-corrected chi connectivity index (χ0v) is 15.0. The van der Waals surface area contributed by atoms with Gasteiger partial charge in [0.05, 0.1) is 24.4 Å². The first-order valence-electron chi connectivity index (χ1n) is 8.56. The molecule has 0 radical (unpaired) electrons. The number of morpholine rings is 1. The fourth-order valence-electron chi connectivity index (χ4n) is 3.29. The first kappa shape index (κ1) is 19.4. The molecular formula is C17H34N2O3. The predicted octanol–water partition coefficient (Wildman–Crippen LogP) is 1.64. The minimum Gasteiger partial charge on any atom is -0.391 e. The van der Waals surface area contributed by atoms with Crippen molar-refractivity contribution in [3.05, 3.63) is 0 Å². The Hall–Kier alpha value is -0.650. The standard InChI is InChI=1S/C17H34N2O3/c1-11(2)7-15(20)8-18-17(21)16(12(3)4)19-9-13(5)22-14(6)10-19/h11-16,20H,7-10H2,1-6H3,(H,18,21). The van der Waals surface area contributed by atoms with Crippen LogP contribution in [0.5, 0.6) is 0 Å². The van der Waals surface area contributed by atoms with Crippen LogP contribution in [0.1, 0.15) is 48.0 Å². The van der Waals surface area contributed by atoms with Crippen LogP contribution < -0.4 is 5.32 Å². The highest BCUT2D eigenvalue weighted by Gasteiger charge is 2.34. The van der Waals surface area contributed by atoms with Gasteiger partial charge in [0.15, 0.2) is 0 Å². The number of aliphatic hydroxyl groups excluding tert-OH is 1. The van der Waals surface area contributed by atoms with Gasteiger partial charge in [-0.3, -0.25) is 9.69 Å². The smallest absolute Gasteiger partial charge is 0.237 e. The number of hydrogen-bond acceptors (Lipinski definition) is 4. The number of carbonyl (C=O) groups excluding carboxylic acids is 1. The highest BCUT2D eigenvalue weighted by Crippen LogP contribution is 2.18. The van der Waals surface area contributed by atoms with Crippen molar-refractivity contribution in [2.75, 3.05) is 19.6 Å². The van der Waals surface area contributed by atoms with Crippen LogP contribution in [0.4, 0.5) is 0 Å². The van der Waals surface area contributed by atoms with Gasteiger partial charge in [0.25, 0.3) is 0 Å².